The number of hydrogen-bond donors (Lipinski definition) is 3. The fourth-order valence-corrected chi connectivity index (χ4v) is 5.79. The van der Waals surface area contributed by atoms with Gasteiger partial charge >= 0.3 is 12.2 Å². The van der Waals surface area contributed by atoms with Crippen LogP contribution in [0.4, 0.5) is 9.59 Å². The molecule has 0 bridgehead atoms. The molecule has 0 heterocycles. The van der Waals surface area contributed by atoms with E-state index >= 15 is 0 Å². The first-order valence-corrected chi connectivity index (χ1v) is 15.2. The molecule has 42 heavy (non-hydrogen) atoms. The summed E-state index contributed by atoms with van der Waals surface area (Å²) in [5.41, 5.74) is -0.577. The van der Waals surface area contributed by atoms with Crippen LogP contribution in [0.5, 0.6) is 5.75 Å². The number of nitrogens with zero attached hydrogens (tertiary/aromatic N) is 1. The Hall–Kier alpha value is -3.35. The van der Waals surface area contributed by atoms with Gasteiger partial charge < -0.3 is 30.0 Å². The maximum atomic E-state index is 13.9. The quantitative estimate of drug-likeness (QED) is 0.293. The summed E-state index contributed by atoms with van der Waals surface area (Å²) in [4.78, 5) is 24.3. The summed E-state index contributed by atoms with van der Waals surface area (Å²) < 4.78 is 44.8. The van der Waals surface area contributed by atoms with Crippen molar-refractivity contribution in [1.29, 1.82) is 0 Å². The third-order valence-electron chi connectivity index (χ3n) is 6.37. The van der Waals surface area contributed by atoms with Gasteiger partial charge in [0.2, 0.25) is 10.0 Å². The fraction of sp³-hybridized carbons (Fsp3) is 0.533. The monoisotopic (exact) mass is 607 g/mol. The van der Waals surface area contributed by atoms with Gasteiger partial charge in [0.05, 0.1) is 30.8 Å². The van der Waals surface area contributed by atoms with E-state index < -0.39 is 45.4 Å². The zero-order valence-corrected chi connectivity index (χ0v) is 26.4. The lowest BCUT2D eigenvalue weighted by molar-refractivity contribution is 0.0388. The number of aliphatic hydroxyl groups is 1. The highest BCUT2D eigenvalue weighted by Gasteiger charge is 2.35. The molecule has 12 heteroatoms. The maximum absolute atomic E-state index is 13.9. The molecule has 0 aliphatic carbocycles. The van der Waals surface area contributed by atoms with Crippen LogP contribution in [0.15, 0.2) is 59.5 Å². The lowest BCUT2D eigenvalue weighted by atomic mass is 9.89. The molecule has 0 aliphatic heterocycles. The zero-order chi connectivity index (χ0) is 31.6. The summed E-state index contributed by atoms with van der Waals surface area (Å²) in [6, 6.07) is 14.4. The van der Waals surface area contributed by atoms with Crippen molar-refractivity contribution in [2.45, 2.75) is 70.1 Å². The van der Waals surface area contributed by atoms with Crippen molar-refractivity contribution in [3.05, 3.63) is 60.2 Å². The SMILES string of the molecule is CNC(=O)OCCC(C)(C)CN(C[C@@H](O)[C@H](Cc1ccccc1)NC(=O)OC(C)(C)C)S(=O)(=O)c1ccc(OC)cc1. The fourth-order valence-electron chi connectivity index (χ4n) is 4.14. The van der Waals surface area contributed by atoms with Crippen LogP contribution in [0.2, 0.25) is 0 Å². The predicted molar refractivity (Wildman–Crippen MR) is 160 cm³/mol. The Labute approximate surface area is 249 Å². The van der Waals surface area contributed by atoms with E-state index in [-0.39, 0.29) is 31.0 Å². The number of carbonyl (C=O) groups is 2. The topological polar surface area (TPSA) is 144 Å². The Morgan fingerprint density at radius 1 is 0.976 bits per heavy atom. The average molecular weight is 608 g/mol. The van der Waals surface area contributed by atoms with Gasteiger partial charge in [-0.15, -0.1) is 0 Å². The van der Waals surface area contributed by atoms with Crippen molar-refractivity contribution in [1.82, 2.24) is 14.9 Å². The normalized spacial score (nSPS) is 13.6. The highest BCUT2D eigenvalue weighted by atomic mass is 32.2. The molecule has 0 unspecified atom stereocenters. The Balaban J connectivity index is 2.39. The lowest BCUT2D eigenvalue weighted by Crippen LogP contribution is -2.52. The van der Waals surface area contributed by atoms with Gasteiger partial charge in [0.1, 0.15) is 11.4 Å². The number of aliphatic hydroxyl groups excluding tert-OH is 1. The number of ether oxygens (including phenoxy) is 3. The van der Waals surface area contributed by atoms with E-state index in [0.717, 1.165) is 5.56 Å². The largest absolute Gasteiger partial charge is 0.497 e. The van der Waals surface area contributed by atoms with Crippen LogP contribution in [0.25, 0.3) is 0 Å². The van der Waals surface area contributed by atoms with Crippen molar-refractivity contribution in [3.63, 3.8) is 0 Å². The van der Waals surface area contributed by atoms with Gasteiger partial charge in [0, 0.05) is 20.1 Å². The standard InChI is InChI=1S/C30H45N3O8S/c1-29(2,3)41-28(36)32-25(19-22-11-9-8-10-12-22)26(34)20-33(21-30(4,5)17-18-40-27(35)31-6)42(37,38)24-15-13-23(39-7)14-16-24/h8-16,25-26,34H,17-21H2,1-7H3,(H,31,35)(H,32,36)/t25-,26+/m0/s1. The molecule has 234 valence electrons. The molecule has 0 saturated heterocycles. The van der Waals surface area contributed by atoms with Gasteiger partial charge in [-0.1, -0.05) is 44.2 Å². The van der Waals surface area contributed by atoms with Crippen LogP contribution in [0.1, 0.15) is 46.6 Å². The van der Waals surface area contributed by atoms with E-state index in [4.69, 9.17) is 14.2 Å². The minimum absolute atomic E-state index is 0.0000209. The molecular weight excluding hydrogens is 562 g/mol. The number of amides is 2. The molecule has 0 aliphatic rings. The molecule has 11 nitrogen and oxygen atoms in total. The minimum Gasteiger partial charge on any atom is -0.497 e. The Kier molecular flexibility index (Phi) is 12.6. The Morgan fingerprint density at radius 3 is 2.14 bits per heavy atom. The third kappa shape index (κ3) is 11.5. The van der Waals surface area contributed by atoms with Gasteiger partial charge in [0.15, 0.2) is 0 Å². The Bertz CT molecular complexity index is 1250. The summed E-state index contributed by atoms with van der Waals surface area (Å²) in [7, 11) is -1.17. The number of nitrogens with one attached hydrogen (secondary N) is 2. The Morgan fingerprint density at radius 2 is 1.60 bits per heavy atom. The molecule has 0 saturated carbocycles. The highest BCUT2D eigenvalue weighted by molar-refractivity contribution is 7.89. The van der Waals surface area contributed by atoms with Crippen LogP contribution in [0.3, 0.4) is 0 Å². The van der Waals surface area contributed by atoms with Crippen molar-refractivity contribution in [2.75, 3.05) is 33.9 Å². The van der Waals surface area contributed by atoms with Crippen molar-refractivity contribution >= 4 is 22.2 Å². The van der Waals surface area contributed by atoms with E-state index in [1.54, 1.807) is 32.9 Å². The summed E-state index contributed by atoms with van der Waals surface area (Å²) in [6.07, 6.45) is -2.02. The summed E-state index contributed by atoms with van der Waals surface area (Å²) in [6.45, 7) is 8.65. The predicted octanol–water partition coefficient (Wildman–Crippen LogP) is 3.96. The van der Waals surface area contributed by atoms with E-state index in [0.29, 0.717) is 12.2 Å². The van der Waals surface area contributed by atoms with Crippen LogP contribution < -0.4 is 15.4 Å². The molecule has 0 spiro atoms. The van der Waals surface area contributed by atoms with E-state index in [1.165, 1.54) is 30.6 Å². The number of hydrogen-bond acceptors (Lipinski definition) is 8. The smallest absolute Gasteiger partial charge is 0.407 e. The van der Waals surface area contributed by atoms with Crippen molar-refractivity contribution in [3.8, 4) is 5.75 Å². The highest BCUT2D eigenvalue weighted by Crippen LogP contribution is 2.28. The molecule has 0 radical (unpaired) electrons. The zero-order valence-electron chi connectivity index (χ0n) is 25.5. The number of methoxy groups -OCH3 is 1. The van der Waals surface area contributed by atoms with Gasteiger partial charge in [-0.3, -0.25) is 0 Å². The summed E-state index contributed by atoms with van der Waals surface area (Å²) >= 11 is 0. The molecule has 0 aromatic heterocycles. The third-order valence-corrected chi connectivity index (χ3v) is 8.20. The molecule has 0 fully saturated rings. The number of sulfonamides is 1. The van der Waals surface area contributed by atoms with E-state index in [1.807, 2.05) is 44.2 Å². The van der Waals surface area contributed by atoms with Crippen LogP contribution in [0, 0.1) is 5.41 Å². The van der Waals surface area contributed by atoms with Gasteiger partial charge in [-0.2, -0.15) is 4.31 Å². The van der Waals surface area contributed by atoms with Gasteiger partial charge in [-0.25, -0.2) is 18.0 Å². The first-order chi connectivity index (χ1) is 19.6. The van der Waals surface area contributed by atoms with Crippen LogP contribution in [-0.4, -0.2) is 81.6 Å². The molecule has 2 aromatic rings. The second kappa shape index (κ2) is 15.2. The molecule has 3 N–H and O–H groups in total. The van der Waals surface area contributed by atoms with Crippen LogP contribution >= 0.6 is 0 Å². The van der Waals surface area contributed by atoms with Crippen LogP contribution in [-0.2, 0) is 25.9 Å². The second-order valence-electron chi connectivity index (χ2n) is 11.8. The average Bonchev–Trinajstić information content (AvgIpc) is 2.91. The van der Waals surface area contributed by atoms with Crippen molar-refractivity contribution in [2.24, 2.45) is 5.41 Å². The number of alkyl carbamates (subject to hydrolysis) is 2. The first-order valence-electron chi connectivity index (χ1n) is 13.8. The minimum atomic E-state index is -4.11. The number of carbonyl (C=O) groups excluding carboxylic acids is 2. The molecular formula is C30H45N3O8S. The molecule has 2 atom stereocenters. The second-order valence-corrected chi connectivity index (χ2v) is 13.7. The summed E-state index contributed by atoms with van der Waals surface area (Å²) in [5.74, 6) is 0.497. The van der Waals surface area contributed by atoms with Gasteiger partial charge in [-0.05, 0) is 68.9 Å². The summed E-state index contributed by atoms with van der Waals surface area (Å²) in [5, 5.41) is 16.6. The molecule has 2 rings (SSSR count). The number of rotatable bonds is 14. The maximum Gasteiger partial charge on any atom is 0.407 e. The lowest BCUT2D eigenvalue weighted by Gasteiger charge is -2.35. The number of benzene rings is 2. The van der Waals surface area contributed by atoms with E-state index in [9.17, 15) is 23.1 Å². The van der Waals surface area contributed by atoms with Gasteiger partial charge in [0.25, 0.3) is 0 Å². The van der Waals surface area contributed by atoms with Crippen molar-refractivity contribution < 1.29 is 37.3 Å². The first kappa shape index (κ1) is 34.8. The molecule has 2 aromatic carbocycles. The van der Waals surface area contributed by atoms with E-state index in [2.05, 4.69) is 10.6 Å². The molecule has 2 amide bonds.